The molecular weight excluding hydrogens is 503 g/mol. The summed E-state index contributed by atoms with van der Waals surface area (Å²) < 4.78 is 7.27. The van der Waals surface area contributed by atoms with Crippen molar-refractivity contribution < 1.29 is 4.74 Å². The Bertz CT molecular complexity index is 956. The molecule has 0 atom stereocenters. The van der Waals surface area contributed by atoms with Crippen LogP contribution in [0.1, 0.15) is 75.5 Å². The van der Waals surface area contributed by atoms with Crippen LogP contribution in [0.3, 0.4) is 0 Å². The average Bonchev–Trinajstić information content (AvgIpc) is 2.84. The first-order valence-corrected chi connectivity index (χ1v) is 13.1. The van der Waals surface area contributed by atoms with E-state index in [1.165, 1.54) is 63.5 Å². The molecule has 0 fully saturated rings. The molecule has 0 bridgehead atoms. The molecule has 0 saturated carbocycles. The molecule has 0 aliphatic heterocycles. The highest BCUT2D eigenvalue weighted by Gasteiger charge is 2.13. The van der Waals surface area contributed by atoms with Crippen LogP contribution in [0.2, 0.25) is 0 Å². The number of allylic oxidation sites excluding steroid dienone is 1. The summed E-state index contributed by atoms with van der Waals surface area (Å²) in [6.07, 6.45) is 8.68. The van der Waals surface area contributed by atoms with Crippen LogP contribution in [0.15, 0.2) is 78.9 Å². The summed E-state index contributed by atoms with van der Waals surface area (Å²) >= 11 is 2.37. The van der Waals surface area contributed by atoms with E-state index in [0.29, 0.717) is 0 Å². The number of hydrogen-bond acceptors (Lipinski definition) is 1. The number of benzene rings is 3. The lowest BCUT2D eigenvalue weighted by molar-refractivity contribution is 0.304. The van der Waals surface area contributed by atoms with E-state index < -0.39 is 0 Å². The Hall–Kier alpha value is -2.07. The van der Waals surface area contributed by atoms with Crippen LogP contribution in [0.4, 0.5) is 0 Å². The van der Waals surface area contributed by atoms with Crippen LogP contribution >= 0.6 is 22.6 Å². The fraction of sp³-hybridized carbons (Fsp3) is 0.333. The van der Waals surface area contributed by atoms with Crippen molar-refractivity contribution in [1.29, 1.82) is 0 Å². The monoisotopic (exact) mass is 538 g/mol. The maximum atomic E-state index is 6.02. The number of halogens is 1. The van der Waals surface area contributed by atoms with E-state index in [2.05, 4.69) is 115 Å². The van der Waals surface area contributed by atoms with Crippen LogP contribution in [-0.4, -0.2) is 6.61 Å². The molecule has 0 heterocycles. The second-order valence-corrected chi connectivity index (χ2v) is 9.47. The van der Waals surface area contributed by atoms with Crippen LogP contribution in [0, 0.1) is 3.57 Å². The normalized spacial score (nSPS) is 11.8. The van der Waals surface area contributed by atoms with Gasteiger partial charge in [-0.2, -0.15) is 0 Å². The van der Waals surface area contributed by atoms with Crippen molar-refractivity contribution in [1.82, 2.24) is 0 Å². The third-order valence-electron chi connectivity index (χ3n) is 5.82. The summed E-state index contributed by atoms with van der Waals surface area (Å²) in [5, 5.41) is 0. The van der Waals surface area contributed by atoms with Crippen LogP contribution in [0.5, 0.6) is 5.75 Å². The summed E-state index contributed by atoms with van der Waals surface area (Å²) in [6, 6.07) is 28.3. The molecule has 1 nitrogen and oxygen atoms in total. The molecule has 0 amide bonds. The number of unbranched alkanes of at least 4 members (excludes halogenated alkanes) is 5. The lowest BCUT2D eigenvalue weighted by Crippen LogP contribution is -1.98. The minimum Gasteiger partial charge on any atom is -0.494 e. The van der Waals surface area contributed by atoms with E-state index in [9.17, 15) is 0 Å². The van der Waals surface area contributed by atoms with Gasteiger partial charge in [0.05, 0.1) is 6.61 Å². The molecule has 3 aromatic carbocycles. The van der Waals surface area contributed by atoms with Crippen molar-refractivity contribution in [2.24, 2.45) is 0 Å². The van der Waals surface area contributed by atoms with Gasteiger partial charge < -0.3 is 4.74 Å². The van der Waals surface area contributed by atoms with Crippen LogP contribution in [-0.2, 0) is 0 Å². The highest BCUT2D eigenvalue weighted by molar-refractivity contribution is 14.1. The molecule has 0 radical (unpaired) electrons. The van der Waals surface area contributed by atoms with Gasteiger partial charge in [0, 0.05) is 3.57 Å². The first-order chi connectivity index (χ1) is 15.7. The van der Waals surface area contributed by atoms with Gasteiger partial charge in [0.25, 0.3) is 0 Å². The predicted molar refractivity (Wildman–Crippen MR) is 147 cm³/mol. The minimum absolute atomic E-state index is 0.801. The molecule has 0 N–H and O–H groups in total. The topological polar surface area (TPSA) is 9.23 Å². The van der Waals surface area contributed by atoms with Gasteiger partial charge in [-0.15, -0.1) is 0 Å². The van der Waals surface area contributed by atoms with Gasteiger partial charge in [-0.3, -0.25) is 0 Å². The first-order valence-electron chi connectivity index (χ1n) is 12.0. The molecule has 0 aliphatic carbocycles. The van der Waals surface area contributed by atoms with Crippen LogP contribution in [0.25, 0.3) is 11.1 Å². The zero-order valence-corrected chi connectivity index (χ0v) is 21.6. The van der Waals surface area contributed by atoms with E-state index in [0.717, 1.165) is 25.2 Å². The van der Waals surface area contributed by atoms with Gasteiger partial charge in [-0.1, -0.05) is 101 Å². The van der Waals surface area contributed by atoms with Gasteiger partial charge >= 0.3 is 0 Å². The quantitative estimate of drug-likeness (QED) is 0.127. The van der Waals surface area contributed by atoms with Crippen molar-refractivity contribution in [3.63, 3.8) is 0 Å². The second kappa shape index (κ2) is 13.5. The number of rotatable bonds is 12. The molecule has 168 valence electrons. The molecular formula is C30H35IO. The van der Waals surface area contributed by atoms with Crippen LogP contribution < -0.4 is 4.74 Å². The largest absolute Gasteiger partial charge is 0.494 e. The smallest absolute Gasteiger partial charge is 0.119 e. The van der Waals surface area contributed by atoms with E-state index in [-0.39, 0.29) is 0 Å². The number of hydrogen-bond donors (Lipinski definition) is 0. The molecule has 0 spiro atoms. The fourth-order valence-electron chi connectivity index (χ4n) is 4.09. The van der Waals surface area contributed by atoms with E-state index >= 15 is 0 Å². The van der Waals surface area contributed by atoms with Crippen molar-refractivity contribution in [3.8, 4) is 5.75 Å². The number of ether oxygens (including phenoxy) is 1. The summed E-state index contributed by atoms with van der Waals surface area (Å²) in [4.78, 5) is 0. The maximum Gasteiger partial charge on any atom is 0.119 e. The Morgan fingerprint density at radius 3 is 1.88 bits per heavy atom. The zero-order chi connectivity index (χ0) is 22.6. The molecule has 0 aromatic heterocycles. The lowest BCUT2D eigenvalue weighted by atomic mass is 9.88. The standard InChI is InChI=1S/C30H35IO/c1-3-5-6-7-8-12-23-32-28-21-17-26(18-22-28)30(25-15-19-27(31)20-16-25)29(4-2)24-13-10-9-11-14-24/h9-11,13-22H,3-8,12,23H2,1-2H3/b30-29-. The maximum absolute atomic E-state index is 6.02. The Balaban J connectivity index is 1.80. The zero-order valence-electron chi connectivity index (χ0n) is 19.4. The lowest BCUT2D eigenvalue weighted by Gasteiger charge is -2.17. The second-order valence-electron chi connectivity index (χ2n) is 8.22. The van der Waals surface area contributed by atoms with Gasteiger partial charge in [-0.25, -0.2) is 0 Å². The van der Waals surface area contributed by atoms with Gasteiger partial charge in [0.15, 0.2) is 0 Å². The molecule has 3 aromatic rings. The van der Waals surface area contributed by atoms with E-state index in [4.69, 9.17) is 4.74 Å². The Morgan fingerprint density at radius 1 is 0.656 bits per heavy atom. The van der Waals surface area contributed by atoms with Gasteiger partial charge in [-0.05, 0) is 87.5 Å². The third-order valence-corrected chi connectivity index (χ3v) is 6.54. The molecule has 32 heavy (non-hydrogen) atoms. The third kappa shape index (κ3) is 7.23. The molecule has 0 aliphatic rings. The SMILES string of the molecule is CCCCCCCCOc1ccc(/C(=C(/CC)c2ccccc2)c2ccc(I)cc2)cc1. The van der Waals surface area contributed by atoms with Gasteiger partial charge in [0.2, 0.25) is 0 Å². The first kappa shape index (κ1) is 24.6. The molecule has 0 saturated heterocycles. The van der Waals surface area contributed by atoms with Crippen molar-refractivity contribution in [2.75, 3.05) is 6.61 Å². The Morgan fingerprint density at radius 2 is 1.25 bits per heavy atom. The Labute approximate surface area is 208 Å². The van der Waals surface area contributed by atoms with Crippen molar-refractivity contribution >= 4 is 33.7 Å². The summed E-state index contributed by atoms with van der Waals surface area (Å²) in [5.74, 6) is 0.960. The molecule has 2 heteroatoms. The highest BCUT2D eigenvalue weighted by atomic mass is 127. The minimum atomic E-state index is 0.801. The fourth-order valence-corrected chi connectivity index (χ4v) is 4.45. The summed E-state index contributed by atoms with van der Waals surface area (Å²) in [7, 11) is 0. The summed E-state index contributed by atoms with van der Waals surface area (Å²) in [5.41, 5.74) is 6.45. The predicted octanol–water partition coefficient (Wildman–Crippen LogP) is 9.40. The molecule has 0 unspecified atom stereocenters. The molecule has 3 rings (SSSR count). The Kier molecular flexibility index (Phi) is 10.3. The van der Waals surface area contributed by atoms with Crippen molar-refractivity contribution in [2.45, 2.75) is 58.8 Å². The van der Waals surface area contributed by atoms with E-state index in [1.54, 1.807) is 0 Å². The highest BCUT2D eigenvalue weighted by Crippen LogP contribution is 2.35. The van der Waals surface area contributed by atoms with Crippen molar-refractivity contribution in [3.05, 3.63) is 99.1 Å². The summed E-state index contributed by atoms with van der Waals surface area (Å²) in [6.45, 7) is 5.30. The average molecular weight is 539 g/mol. The van der Waals surface area contributed by atoms with E-state index in [1.807, 2.05) is 0 Å². The van der Waals surface area contributed by atoms with Gasteiger partial charge in [0.1, 0.15) is 5.75 Å².